The zero-order chi connectivity index (χ0) is 13.1. The van der Waals surface area contributed by atoms with Crippen LogP contribution in [0.25, 0.3) is 0 Å². The molecule has 0 fully saturated rings. The standard InChI is InChI=1S/C12H20N2O2S/c1-9(2)8-14-10(3)11-5-4-6-12(7-11)17(13,15)16/h4-7,9-10,14H,8H2,1-3H3,(H2,13,15,16). The molecule has 0 heterocycles. The van der Waals surface area contributed by atoms with E-state index >= 15 is 0 Å². The van der Waals surface area contributed by atoms with Crippen LogP contribution in [0.1, 0.15) is 32.4 Å². The first kappa shape index (κ1) is 14.2. The fraction of sp³-hybridized carbons (Fsp3) is 0.500. The van der Waals surface area contributed by atoms with Crippen molar-refractivity contribution in [3.05, 3.63) is 29.8 Å². The predicted octanol–water partition coefficient (Wildman–Crippen LogP) is 1.64. The average Bonchev–Trinajstić information content (AvgIpc) is 2.25. The van der Waals surface area contributed by atoms with Crippen LogP contribution in [0.2, 0.25) is 0 Å². The van der Waals surface area contributed by atoms with Gasteiger partial charge in [-0.25, -0.2) is 13.6 Å². The first-order valence-corrected chi connectivity index (χ1v) is 7.21. The maximum absolute atomic E-state index is 11.2. The minimum Gasteiger partial charge on any atom is -0.310 e. The van der Waals surface area contributed by atoms with Crippen molar-refractivity contribution >= 4 is 10.0 Å². The zero-order valence-electron chi connectivity index (χ0n) is 10.5. The highest BCUT2D eigenvalue weighted by molar-refractivity contribution is 7.89. The number of rotatable bonds is 5. The maximum Gasteiger partial charge on any atom is 0.238 e. The van der Waals surface area contributed by atoms with E-state index in [1.54, 1.807) is 12.1 Å². The molecule has 0 aliphatic rings. The van der Waals surface area contributed by atoms with Gasteiger partial charge in [-0.3, -0.25) is 0 Å². The summed E-state index contributed by atoms with van der Waals surface area (Å²) in [6, 6.07) is 6.84. The lowest BCUT2D eigenvalue weighted by molar-refractivity contribution is 0.496. The van der Waals surface area contributed by atoms with Crippen LogP contribution in [0.15, 0.2) is 29.2 Å². The summed E-state index contributed by atoms with van der Waals surface area (Å²) in [6.45, 7) is 7.15. The van der Waals surface area contributed by atoms with Crippen LogP contribution in [-0.2, 0) is 10.0 Å². The highest BCUT2D eigenvalue weighted by atomic mass is 32.2. The molecule has 0 aromatic heterocycles. The Morgan fingerprint density at radius 1 is 1.29 bits per heavy atom. The van der Waals surface area contributed by atoms with Gasteiger partial charge in [0.25, 0.3) is 0 Å². The zero-order valence-corrected chi connectivity index (χ0v) is 11.3. The molecule has 0 saturated heterocycles. The van der Waals surface area contributed by atoms with Gasteiger partial charge in [0.15, 0.2) is 0 Å². The van der Waals surface area contributed by atoms with Crippen LogP contribution in [0, 0.1) is 5.92 Å². The van der Waals surface area contributed by atoms with Gasteiger partial charge >= 0.3 is 0 Å². The number of sulfonamides is 1. The van der Waals surface area contributed by atoms with E-state index in [1.165, 1.54) is 6.07 Å². The third-order valence-electron chi connectivity index (χ3n) is 2.52. The minimum atomic E-state index is -3.62. The van der Waals surface area contributed by atoms with Crippen LogP contribution < -0.4 is 10.5 Å². The van der Waals surface area contributed by atoms with E-state index in [0.29, 0.717) is 5.92 Å². The Kier molecular flexibility index (Phi) is 4.68. The van der Waals surface area contributed by atoms with Crippen molar-refractivity contribution in [3.8, 4) is 0 Å². The normalized spacial score (nSPS) is 13.9. The van der Waals surface area contributed by atoms with Crippen molar-refractivity contribution in [2.45, 2.75) is 31.7 Å². The lowest BCUT2D eigenvalue weighted by atomic mass is 10.1. The van der Waals surface area contributed by atoms with Crippen molar-refractivity contribution in [1.82, 2.24) is 5.32 Å². The van der Waals surface area contributed by atoms with Crippen molar-refractivity contribution < 1.29 is 8.42 Å². The van der Waals surface area contributed by atoms with Gasteiger partial charge in [0.05, 0.1) is 4.90 Å². The van der Waals surface area contributed by atoms with Crippen LogP contribution in [0.5, 0.6) is 0 Å². The molecule has 0 saturated carbocycles. The fourth-order valence-corrected chi connectivity index (χ4v) is 2.06. The summed E-state index contributed by atoms with van der Waals surface area (Å²) in [7, 11) is -3.62. The number of benzene rings is 1. The van der Waals surface area contributed by atoms with Gasteiger partial charge in [-0.1, -0.05) is 26.0 Å². The monoisotopic (exact) mass is 256 g/mol. The molecular weight excluding hydrogens is 236 g/mol. The summed E-state index contributed by atoms with van der Waals surface area (Å²) in [5, 5.41) is 8.44. The van der Waals surface area contributed by atoms with E-state index in [4.69, 9.17) is 5.14 Å². The van der Waals surface area contributed by atoms with Crippen molar-refractivity contribution in [2.75, 3.05) is 6.54 Å². The number of primary sulfonamides is 1. The maximum atomic E-state index is 11.2. The Morgan fingerprint density at radius 2 is 1.94 bits per heavy atom. The van der Waals surface area contributed by atoms with Crippen molar-refractivity contribution in [1.29, 1.82) is 0 Å². The Labute approximate surface area is 103 Å². The summed E-state index contributed by atoms with van der Waals surface area (Å²) >= 11 is 0. The van der Waals surface area contributed by atoms with Gasteiger partial charge in [0.1, 0.15) is 0 Å². The largest absolute Gasteiger partial charge is 0.310 e. The lowest BCUT2D eigenvalue weighted by Crippen LogP contribution is -2.23. The molecule has 1 unspecified atom stereocenters. The minimum absolute atomic E-state index is 0.110. The smallest absolute Gasteiger partial charge is 0.238 e. The molecular formula is C12H20N2O2S. The van der Waals surface area contributed by atoms with Gasteiger partial charge < -0.3 is 5.32 Å². The summed E-state index contributed by atoms with van der Waals surface area (Å²) in [4.78, 5) is 0.160. The first-order valence-electron chi connectivity index (χ1n) is 5.67. The fourth-order valence-electron chi connectivity index (χ4n) is 1.49. The van der Waals surface area contributed by atoms with Gasteiger partial charge in [0.2, 0.25) is 10.0 Å². The van der Waals surface area contributed by atoms with E-state index in [-0.39, 0.29) is 10.9 Å². The quantitative estimate of drug-likeness (QED) is 0.841. The Balaban J connectivity index is 2.85. The molecule has 1 aromatic rings. The lowest BCUT2D eigenvalue weighted by Gasteiger charge is -2.16. The molecule has 5 heteroatoms. The molecule has 0 amide bonds. The third kappa shape index (κ3) is 4.46. The summed E-state index contributed by atoms with van der Waals surface area (Å²) < 4.78 is 22.5. The molecule has 1 atom stereocenters. The molecule has 0 radical (unpaired) electrons. The molecule has 0 spiro atoms. The van der Waals surface area contributed by atoms with Crippen molar-refractivity contribution in [2.24, 2.45) is 11.1 Å². The molecule has 1 aromatic carbocycles. The molecule has 1 rings (SSSR count). The molecule has 4 nitrogen and oxygen atoms in total. The molecule has 17 heavy (non-hydrogen) atoms. The van der Waals surface area contributed by atoms with E-state index in [2.05, 4.69) is 19.2 Å². The topological polar surface area (TPSA) is 72.2 Å². The second kappa shape index (κ2) is 5.62. The van der Waals surface area contributed by atoms with E-state index in [0.717, 1.165) is 12.1 Å². The summed E-state index contributed by atoms with van der Waals surface area (Å²) in [6.07, 6.45) is 0. The van der Waals surface area contributed by atoms with Crippen LogP contribution in [-0.4, -0.2) is 15.0 Å². The predicted molar refractivity (Wildman–Crippen MR) is 69.1 cm³/mol. The average molecular weight is 256 g/mol. The number of nitrogens with two attached hydrogens (primary N) is 1. The molecule has 0 aliphatic heterocycles. The highest BCUT2D eigenvalue weighted by Gasteiger charge is 2.11. The second-order valence-electron chi connectivity index (χ2n) is 4.64. The number of hydrogen-bond donors (Lipinski definition) is 2. The van der Waals surface area contributed by atoms with E-state index < -0.39 is 10.0 Å². The number of nitrogens with one attached hydrogen (secondary N) is 1. The molecule has 0 aliphatic carbocycles. The van der Waals surface area contributed by atoms with Crippen LogP contribution in [0.3, 0.4) is 0 Å². The Morgan fingerprint density at radius 3 is 2.47 bits per heavy atom. The molecule has 3 N–H and O–H groups in total. The van der Waals surface area contributed by atoms with Gasteiger partial charge in [-0.05, 0) is 37.1 Å². The molecule has 0 bridgehead atoms. The highest BCUT2D eigenvalue weighted by Crippen LogP contribution is 2.16. The van der Waals surface area contributed by atoms with Gasteiger partial charge in [-0.2, -0.15) is 0 Å². The SMILES string of the molecule is CC(C)CNC(C)c1cccc(S(N)(=O)=O)c1. The first-order chi connectivity index (χ1) is 7.80. The van der Waals surface area contributed by atoms with Gasteiger partial charge in [-0.15, -0.1) is 0 Å². The van der Waals surface area contributed by atoms with Crippen LogP contribution >= 0.6 is 0 Å². The summed E-state index contributed by atoms with van der Waals surface area (Å²) in [5.74, 6) is 0.555. The Hall–Kier alpha value is -0.910. The van der Waals surface area contributed by atoms with E-state index in [9.17, 15) is 8.42 Å². The van der Waals surface area contributed by atoms with Crippen molar-refractivity contribution in [3.63, 3.8) is 0 Å². The van der Waals surface area contributed by atoms with Crippen LogP contribution in [0.4, 0.5) is 0 Å². The third-order valence-corrected chi connectivity index (χ3v) is 3.43. The number of hydrogen-bond acceptors (Lipinski definition) is 3. The Bertz CT molecular complexity index is 469. The van der Waals surface area contributed by atoms with Gasteiger partial charge in [0, 0.05) is 6.04 Å². The van der Waals surface area contributed by atoms with E-state index in [1.807, 2.05) is 13.0 Å². The molecule has 96 valence electrons. The second-order valence-corrected chi connectivity index (χ2v) is 6.20. The summed E-state index contributed by atoms with van der Waals surface area (Å²) in [5.41, 5.74) is 0.928.